The van der Waals surface area contributed by atoms with Gasteiger partial charge in [-0.15, -0.1) is 0 Å². The highest BCUT2D eigenvalue weighted by molar-refractivity contribution is 9.24. The second-order valence-electron chi connectivity index (χ2n) is 1.50. The summed E-state index contributed by atoms with van der Waals surface area (Å²) in [6, 6.07) is 0. The van der Waals surface area contributed by atoms with Crippen molar-refractivity contribution < 1.29 is 14.3 Å². The van der Waals surface area contributed by atoms with E-state index >= 15 is 0 Å². The van der Waals surface area contributed by atoms with E-state index in [9.17, 15) is 4.79 Å². The first-order valence-electron chi connectivity index (χ1n) is 2.28. The first-order chi connectivity index (χ1) is 4.22. The summed E-state index contributed by atoms with van der Waals surface area (Å²) < 4.78 is 9.21. The Hall–Kier alpha value is 0.390. The van der Waals surface area contributed by atoms with Gasteiger partial charge >= 0.3 is 5.97 Å². The Morgan fingerprint density at radius 2 is 2.33 bits per heavy atom. The molecule has 5 heteroatoms. The molecule has 0 aromatic rings. The maximum absolute atomic E-state index is 10.6. The monoisotopic (exact) mass is 258 g/mol. The zero-order chi connectivity index (χ0) is 6.85. The van der Waals surface area contributed by atoms with Crippen LogP contribution in [0.15, 0.2) is 0 Å². The highest BCUT2D eigenvalue weighted by atomic mass is 79.9. The van der Waals surface area contributed by atoms with Crippen molar-refractivity contribution in [1.82, 2.24) is 0 Å². The number of hydrogen-bond donors (Lipinski definition) is 0. The molecule has 0 bridgehead atoms. The van der Waals surface area contributed by atoms with Crippen LogP contribution in [-0.4, -0.2) is 22.6 Å². The van der Waals surface area contributed by atoms with Crippen molar-refractivity contribution in [2.75, 3.05) is 6.79 Å². The number of rotatable bonds is 1. The Balaban J connectivity index is 2.49. The topological polar surface area (TPSA) is 35.5 Å². The van der Waals surface area contributed by atoms with Gasteiger partial charge in [0.25, 0.3) is 0 Å². The second kappa shape index (κ2) is 2.98. The van der Waals surface area contributed by atoms with Gasteiger partial charge in [0.1, 0.15) is 3.74 Å². The van der Waals surface area contributed by atoms with Crippen LogP contribution < -0.4 is 0 Å². The Morgan fingerprint density at radius 1 is 1.67 bits per heavy atom. The van der Waals surface area contributed by atoms with Crippen LogP contribution in [0.4, 0.5) is 0 Å². The number of hydrogen-bond acceptors (Lipinski definition) is 3. The molecule has 9 heavy (non-hydrogen) atoms. The largest absolute Gasteiger partial charge is 0.436 e. The van der Waals surface area contributed by atoms with Gasteiger partial charge in [0.2, 0.25) is 0 Å². The molecule has 0 aliphatic carbocycles. The maximum atomic E-state index is 10.6. The van der Waals surface area contributed by atoms with Crippen LogP contribution in [0.25, 0.3) is 0 Å². The van der Waals surface area contributed by atoms with Crippen LogP contribution in [0.1, 0.15) is 0 Å². The Labute approximate surface area is 69.0 Å². The van der Waals surface area contributed by atoms with Gasteiger partial charge in [-0.1, -0.05) is 31.9 Å². The number of halogens is 2. The maximum Gasteiger partial charge on any atom is 0.339 e. The van der Waals surface area contributed by atoms with Crippen molar-refractivity contribution >= 4 is 37.8 Å². The predicted molar refractivity (Wildman–Crippen MR) is 37.5 cm³/mol. The van der Waals surface area contributed by atoms with Gasteiger partial charge in [-0.05, 0) is 0 Å². The van der Waals surface area contributed by atoms with Crippen molar-refractivity contribution in [2.45, 2.75) is 9.84 Å². The summed E-state index contributed by atoms with van der Waals surface area (Å²) in [6.07, 6.45) is -0.495. The molecule has 0 aromatic heterocycles. The molecule has 52 valence electrons. The third-order valence-electron chi connectivity index (χ3n) is 0.910. The van der Waals surface area contributed by atoms with Gasteiger partial charge in [-0.25, -0.2) is 4.79 Å². The fourth-order valence-electron chi connectivity index (χ4n) is 0.491. The lowest BCUT2D eigenvalue weighted by Gasteiger charge is -2.03. The van der Waals surface area contributed by atoms with E-state index < -0.39 is 6.10 Å². The van der Waals surface area contributed by atoms with Crippen molar-refractivity contribution in [3.05, 3.63) is 0 Å². The number of esters is 1. The van der Waals surface area contributed by atoms with Crippen molar-refractivity contribution in [3.63, 3.8) is 0 Å². The molecule has 1 aliphatic heterocycles. The summed E-state index contributed by atoms with van der Waals surface area (Å²) in [7, 11) is 0. The van der Waals surface area contributed by atoms with Gasteiger partial charge in [0, 0.05) is 0 Å². The van der Waals surface area contributed by atoms with Crippen LogP contribution in [0.5, 0.6) is 0 Å². The van der Waals surface area contributed by atoms with Crippen molar-refractivity contribution in [1.29, 1.82) is 0 Å². The van der Waals surface area contributed by atoms with Gasteiger partial charge in [0.05, 0.1) is 0 Å². The molecule has 1 saturated heterocycles. The lowest BCUT2D eigenvalue weighted by molar-refractivity contribution is -0.138. The third-order valence-corrected chi connectivity index (χ3v) is 1.87. The van der Waals surface area contributed by atoms with Gasteiger partial charge in [-0.3, -0.25) is 0 Å². The highest BCUT2D eigenvalue weighted by Gasteiger charge is 2.32. The minimum Gasteiger partial charge on any atom is -0.436 e. The zero-order valence-corrected chi connectivity index (χ0v) is 7.51. The molecule has 0 saturated carbocycles. The second-order valence-corrected chi connectivity index (χ2v) is 4.70. The minimum atomic E-state index is -0.495. The summed E-state index contributed by atoms with van der Waals surface area (Å²) in [5.41, 5.74) is 0. The standard InChI is InChI=1S/C4H4Br2O3/c5-3(6)2-4(7)9-1-8-2/h2-3H,1H2. The highest BCUT2D eigenvalue weighted by Crippen LogP contribution is 2.20. The molecule has 1 fully saturated rings. The number of carbonyl (C=O) groups excluding carboxylic acids is 1. The van der Waals surface area contributed by atoms with Crippen LogP contribution in [0.2, 0.25) is 0 Å². The van der Waals surface area contributed by atoms with Crippen molar-refractivity contribution in [3.8, 4) is 0 Å². The van der Waals surface area contributed by atoms with E-state index in [-0.39, 0.29) is 16.5 Å². The lowest BCUT2D eigenvalue weighted by atomic mass is 10.4. The van der Waals surface area contributed by atoms with Crippen molar-refractivity contribution in [2.24, 2.45) is 0 Å². The van der Waals surface area contributed by atoms with Crippen LogP contribution in [-0.2, 0) is 14.3 Å². The van der Waals surface area contributed by atoms with E-state index in [1.54, 1.807) is 0 Å². The average molecular weight is 260 g/mol. The van der Waals surface area contributed by atoms with Gasteiger partial charge in [-0.2, -0.15) is 0 Å². The molecule has 1 aliphatic rings. The smallest absolute Gasteiger partial charge is 0.339 e. The summed E-state index contributed by atoms with van der Waals surface area (Å²) in [5, 5.41) is 0. The number of cyclic esters (lactones) is 1. The van der Waals surface area contributed by atoms with E-state index in [4.69, 9.17) is 4.74 Å². The van der Waals surface area contributed by atoms with E-state index in [1.165, 1.54) is 0 Å². The Kier molecular flexibility index (Phi) is 2.49. The first-order valence-corrected chi connectivity index (χ1v) is 4.11. The van der Waals surface area contributed by atoms with E-state index in [1.807, 2.05) is 0 Å². The minimum absolute atomic E-state index is 0.0667. The number of carbonyl (C=O) groups is 1. The van der Waals surface area contributed by atoms with Crippen LogP contribution >= 0.6 is 31.9 Å². The fourth-order valence-corrected chi connectivity index (χ4v) is 1.23. The Morgan fingerprint density at radius 3 is 2.56 bits per heavy atom. The van der Waals surface area contributed by atoms with E-state index in [0.29, 0.717) is 0 Å². The molecule has 1 heterocycles. The molecule has 3 nitrogen and oxygen atoms in total. The molecule has 0 radical (unpaired) electrons. The lowest BCUT2D eigenvalue weighted by Crippen LogP contribution is -2.22. The van der Waals surface area contributed by atoms with Gasteiger partial charge < -0.3 is 9.47 Å². The summed E-state index contributed by atoms with van der Waals surface area (Å²) in [4.78, 5) is 10.6. The molecule has 0 aromatic carbocycles. The normalized spacial score (nSPS) is 27.0. The third kappa shape index (κ3) is 1.65. The SMILES string of the molecule is O=C1OCOC1C(Br)Br. The number of alkyl halides is 2. The fraction of sp³-hybridized carbons (Fsp3) is 0.750. The zero-order valence-electron chi connectivity index (χ0n) is 4.34. The first kappa shape index (κ1) is 7.50. The summed E-state index contributed by atoms with van der Waals surface area (Å²) >= 11 is 6.26. The number of ether oxygens (including phenoxy) is 2. The summed E-state index contributed by atoms with van der Waals surface area (Å²) in [6.45, 7) is 0.0667. The molecular weight excluding hydrogens is 256 g/mol. The van der Waals surface area contributed by atoms with Crippen LogP contribution in [0, 0.1) is 0 Å². The summed E-state index contributed by atoms with van der Waals surface area (Å²) in [5.74, 6) is -0.325. The molecule has 0 spiro atoms. The molecule has 0 amide bonds. The van der Waals surface area contributed by atoms with Crippen LogP contribution in [0.3, 0.4) is 0 Å². The molecule has 0 N–H and O–H groups in total. The predicted octanol–water partition coefficient (Wildman–Crippen LogP) is 1.00. The van der Waals surface area contributed by atoms with E-state index in [0.717, 1.165) is 0 Å². The molecule has 1 unspecified atom stereocenters. The average Bonchev–Trinajstić information content (AvgIpc) is 2.13. The molecule has 1 rings (SSSR count). The molecule has 1 atom stereocenters. The Bertz CT molecular complexity index is 125. The van der Waals surface area contributed by atoms with E-state index in [2.05, 4.69) is 36.6 Å². The quantitative estimate of drug-likeness (QED) is 0.521. The molecular formula is C4H4Br2O3. The van der Waals surface area contributed by atoms with Gasteiger partial charge in [0.15, 0.2) is 12.9 Å².